The zero-order chi connectivity index (χ0) is 23.2. The Hall–Kier alpha value is -3.87. The van der Waals surface area contributed by atoms with E-state index in [4.69, 9.17) is 14.5 Å². The molecule has 33 heavy (non-hydrogen) atoms. The van der Waals surface area contributed by atoms with Crippen LogP contribution in [0.1, 0.15) is 28.2 Å². The van der Waals surface area contributed by atoms with Crippen LogP contribution in [-0.2, 0) is 13.0 Å². The minimum absolute atomic E-state index is 0.184. The molecular formula is C26H26FN3O3. The first kappa shape index (κ1) is 22.3. The van der Waals surface area contributed by atoms with E-state index in [-0.39, 0.29) is 11.7 Å². The van der Waals surface area contributed by atoms with E-state index in [0.717, 1.165) is 16.9 Å². The monoisotopic (exact) mass is 447 g/mol. The van der Waals surface area contributed by atoms with E-state index in [1.54, 1.807) is 37.4 Å². The van der Waals surface area contributed by atoms with Crippen molar-refractivity contribution in [3.8, 4) is 11.5 Å². The van der Waals surface area contributed by atoms with Crippen molar-refractivity contribution in [1.29, 1.82) is 0 Å². The summed E-state index contributed by atoms with van der Waals surface area (Å²) in [5, 5.41) is 2.94. The number of imidazole rings is 1. The third-order valence-electron chi connectivity index (χ3n) is 5.53. The van der Waals surface area contributed by atoms with Crippen LogP contribution in [0.2, 0.25) is 0 Å². The maximum atomic E-state index is 14.3. The molecule has 0 saturated carbocycles. The lowest BCUT2D eigenvalue weighted by molar-refractivity contribution is 0.0952. The number of ether oxygens (including phenoxy) is 2. The fraction of sp³-hybridized carbons (Fsp3) is 0.231. The molecule has 170 valence electrons. The van der Waals surface area contributed by atoms with Gasteiger partial charge in [0.25, 0.3) is 5.91 Å². The Kier molecular flexibility index (Phi) is 6.88. The molecule has 0 radical (unpaired) electrons. The van der Waals surface area contributed by atoms with Gasteiger partial charge in [0.15, 0.2) is 11.5 Å². The molecule has 0 atom stereocenters. The van der Waals surface area contributed by atoms with E-state index >= 15 is 0 Å². The molecule has 0 fully saturated rings. The number of fused-ring (bicyclic) bond motifs is 1. The maximum Gasteiger partial charge on any atom is 0.251 e. The fourth-order valence-electron chi connectivity index (χ4n) is 3.82. The first-order valence-corrected chi connectivity index (χ1v) is 10.8. The second kappa shape index (κ2) is 10.2. The Morgan fingerprint density at radius 3 is 2.55 bits per heavy atom. The van der Waals surface area contributed by atoms with Crippen LogP contribution >= 0.6 is 0 Å². The van der Waals surface area contributed by atoms with Crippen molar-refractivity contribution >= 4 is 16.9 Å². The Labute approximate surface area is 192 Å². The summed E-state index contributed by atoms with van der Waals surface area (Å²) in [6.07, 6.45) is 1.34. The topological polar surface area (TPSA) is 65.4 Å². The van der Waals surface area contributed by atoms with Gasteiger partial charge in [-0.2, -0.15) is 0 Å². The molecule has 6 nitrogen and oxygen atoms in total. The SMILES string of the molecule is COc1ccc(C(=O)NCCCc2nc3ccccc3n2Cc2ccccc2F)cc1OC. The Balaban J connectivity index is 1.43. The molecule has 0 saturated heterocycles. The van der Waals surface area contributed by atoms with Crippen molar-refractivity contribution in [2.45, 2.75) is 19.4 Å². The third-order valence-corrected chi connectivity index (χ3v) is 5.53. The summed E-state index contributed by atoms with van der Waals surface area (Å²) in [5.41, 5.74) is 2.95. The summed E-state index contributed by atoms with van der Waals surface area (Å²) in [6.45, 7) is 0.886. The fourth-order valence-corrected chi connectivity index (χ4v) is 3.82. The van der Waals surface area contributed by atoms with Crippen LogP contribution < -0.4 is 14.8 Å². The van der Waals surface area contributed by atoms with Crippen LogP contribution in [0.5, 0.6) is 11.5 Å². The summed E-state index contributed by atoms with van der Waals surface area (Å²) in [6, 6.07) is 19.7. The molecule has 0 aliphatic carbocycles. The molecule has 0 bridgehead atoms. The van der Waals surface area contributed by atoms with Crippen LogP contribution in [0.4, 0.5) is 4.39 Å². The number of benzene rings is 3. The number of aryl methyl sites for hydroxylation is 1. The highest BCUT2D eigenvalue weighted by molar-refractivity contribution is 5.94. The third kappa shape index (κ3) is 4.98. The molecular weight excluding hydrogens is 421 g/mol. The lowest BCUT2D eigenvalue weighted by atomic mass is 10.2. The number of nitrogens with zero attached hydrogens (tertiary/aromatic N) is 2. The van der Waals surface area contributed by atoms with Gasteiger partial charge in [-0.3, -0.25) is 4.79 Å². The van der Waals surface area contributed by atoms with E-state index in [9.17, 15) is 9.18 Å². The van der Waals surface area contributed by atoms with E-state index in [1.165, 1.54) is 13.2 Å². The highest BCUT2D eigenvalue weighted by Crippen LogP contribution is 2.27. The molecule has 4 aromatic rings. The molecule has 0 aliphatic rings. The van der Waals surface area contributed by atoms with Gasteiger partial charge >= 0.3 is 0 Å². The lowest BCUT2D eigenvalue weighted by Gasteiger charge is -2.11. The smallest absolute Gasteiger partial charge is 0.251 e. The van der Waals surface area contributed by atoms with Gasteiger partial charge in [-0.15, -0.1) is 0 Å². The number of aromatic nitrogens is 2. The summed E-state index contributed by atoms with van der Waals surface area (Å²) in [7, 11) is 3.09. The second-order valence-corrected chi connectivity index (χ2v) is 7.62. The number of hydrogen-bond donors (Lipinski definition) is 1. The number of rotatable bonds is 9. The van der Waals surface area contributed by atoms with Gasteiger partial charge in [-0.05, 0) is 42.8 Å². The summed E-state index contributed by atoms with van der Waals surface area (Å²) in [5.74, 6) is 1.52. The molecule has 3 aromatic carbocycles. The Morgan fingerprint density at radius 2 is 1.76 bits per heavy atom. The highest BCUT2D eigenvalue weighted by atomic mass is 19.1. The average Bonchev–Trinajstić information content (AvgIpc) is 3.19. The van der Waals surface area contributed by atoms with Crippen molar-refractivity contribution in [2.24, 2.45) is 0 Å². The van der Waals surface area contributed by atoms with Crippen molar-refractivity contribution in [1.82, 2.24) is 14.9 Å². The summed E-state index contributed by atoms with van der Waals surface area (Å²) in [4.78, 5) is 17.3. The number of nitrogens with one attached hydrogen (secondary N) is 1. The Morgan fingerprint density at radius 1 is 1.00 bits per heavy atom. The number of methoxy groups -OCH3 is 2. The van der Waals surface area contributed by atoms with Gasteiger partial charge in [0.05, 0.1) is 31.8 Å². The molecule has 0 unspecified atom stereocenters. The second-order valence-electron chi connectivity index (χ2n) is 7.62. The van der Waals surface area contributed by atoms with Crippen LogP contribution in [0.3, 0.4) is 0 Å². The predicted molar refractivity (Wildman–Crippen MR) is 125 cm³/mol. The van der Waals surface area contributed by atoms with Gasteiger partial charge in [-0.1, -0.05) is 30.3 Å². The lowest BCUT2D eigenvalue weighted by Crippen LogP contribution is -2.25. The van der Waals surface area contributed by atoms with Crippen LogP contribution in [0, 0.1) is 5.82 Å². The van der Waals surface area contributed by atoms with Gasteiger partial charge in [0.2, 0.25) is 0 Å². The Bertz CT molecular complexity index is 1270. The summed E-state index contributed by atoms with van der Waals surface area (Å²) >= 11 is 0. The number of amides is 1. The molecule has 4 rings (SSSR count). The van der Waals surface area contributed by atoms with Crippen molar-refractivity contribution in [2.75, 3.05) is 20.8 Å². The molecule has 0 aliphatic heterocycles. The van der Waals surface area contributed by atoms with Crippen LogP contribution in [0.25, 0.3) is 11.0 Å². The zero-order valence-electron chi connectivity index (χ0n) is 18.7. The van der Waals surface area contributed by atoms with Crippen LogP contribution in [0.15, 0.2) is 66.7 Å². The normalized spacial score (nSPS) is 10.9. The van der Waals surface area contributed by atoms with Gasteiger partial charge in [0, 0.05) is 24.1 Å². The first-order chi connectivity index (χ1) is 16.1. The molecule has 0 spiro atoms. The minimum atomic E-state index is -0.233. The zero-order valence-corrected chi connectivity index (χ0v) is 18.7. The van der Waals surface area contributed by atoms with Crippen LogP contribution in [-0.4, -0.2) is 36.2 Å². The van der Waals surface area contributed by atoms with Crippen molar-refractivity contribution in [3.05, 3.63) is 89.5 Å². The average molecular weight is 448 g/mol. The van der Waals surface area contributed by atoms with Crippen molar-refractivity contribution in [3.63, 3.8) is 0 Å². The first-order valence-electron chi connectivity index (χ1n) is 10.8. The van der Waals surface area contributed by atoms with Gasteiger partial charge in [0.1, 0.15) is 11.6 Å². The van der Waals surface area contributed by atoms with Gasteiger partial charge in [-0.25, -0.2) is 9.37 Å². The number of halogens is 1. The van der Waals surface area contributed by atoms with E-state index in [2.05, 4.69) is 5.32 Å². The standard InChI is InChI=1S/C26H26FN3O3/c1-32-23-14-13-18(16-24(23)33-2)26(31)28-15-7-12-25-29-21-10-5-6-11-22(21)30(25)17-19-8-3-4-9-20(19)27/h3-6,8-11,13-14,16H,7,12,15,17H2,1-2H3,(H,28,31). The maximum absolute atomic E-state index is 14.3. The number of para-hydroxylation sites is 2. The molecule has 1 aromatic heterocycles. The summed E-state index contributed by atoms with van der Waals surface area (Å²) < 4.78 is 26.8. The highest BCUT2D eigenvalue weighted by Gasteiger charge is 2.14. The minimum Gasteiger partial charge on any atom is -0.493 e. The largest absolute Gasteiger partial charge is 0.493 e. The van der Waals surface area contributed by atoms with Crippen molar-refractivity contribution < 1.29 is 18.7 Å². The van der Waals surface area contributed by atoms with E-state index < -0.39 is 0 Å². The number of hydrogen-bond acceptors (Lipinski definition) is 4. The number of carbonyl (C=O) groups is 1. The molecule has 7 heteroatoms. The molecule has 1 heterocycles. The van der Waals surface area contributed by atoms with Gasteiger partial charge < -0.3 is 19.4 Å². The quantitative estimate of drug-likeness (QED) is 0.381. The number of carbonyl (C=O) groups excluding carboxylic acids is 1. The predicted octanol–water partition coefficient (Wildman–Crippen LogP) is 4.60. The molecule has 1 amide bonds. The van der Waals surface area contributed by atoms with E-state index in [0.29, 0.717) is 48.6 Å². The van der Waals surface area contributed by atoms with E-state index in [1.807, 2.05) is 34.9 Å². The molecule has 1 N–H and O–H groups in total.